The Kier molecular flexibility index (Phi) is 5.17. The van der Waals surface area contributed by atoms with Crippen LogP contribution in [0.15, 0.2) is 0 Å². The summed E-state index contributed by atoms with van der Waals surface area (Å²) < 4.78 is 28.0. The van der Waals surface area contributed by atoms with Crippen LogP contribution in [-0.2, 0) is 10.2 Å². The van der Waals surface area contributed by atoms with E-state index < -0.39 is 10.2 Å². The molecule has 6 heteroatoms. The summed E-state index contributed by atoms with van der Waals surface area (Å²) in [7, 11) is -3.38. The van der Waals surface area contributed by atoms with Crippen molar-refractivity contribution < 1.29 is 13.5 Å². The molecular weight excluding hydrogens is 228 g/mol. The van der Waals surface area contributed by atoms with Crippen LogP contribution in [0, 0.1) is 11.8 Å². The van der Waals surface area contributed by atoms with E-state index in [1.165, 1.54) is 0 Å². The fourth-order valence-electron chi connectivity index (χ4n) is 2.19. The van der Waals surface area contributed by atoms with Crippen molar-refractivity contribution in [2.24, 2.45) is 11.8 Å². The summed E-state index contributed by atoms with van der Waals surface area (Å²) in [6, 6.07) is -0.102. The highest BCUT2D eigenvalue weighted by Crippen LogP contribution is 2.30. The summed E-state index contributed by atoms with van der Waals surface area (Å²) in [5.41, 5.74) is 0. The third kappa shape index (κ3) is 4.37. The molecule has 1 aliphatic rings. The number of hydrogen-bond acceptors (Lipinski definition) is 3. The van der Waals surface area contributed by atoms with Gasteiger partial charge in [-0.1, -0.05) is 6.42 Å². The van der Waals surface area contributed by atoms with Gasteiger partial charge in [0.2, 0.25) is 0 Å². The van der Waals surface area contributed by atoms with Crippen molar-refractivity contribution in [1.82, 2.24) is 9.44 Å². The van der Waals surface area contributed by atoms with Crippen molar-refractivity contribution in [1.29, 1.82) is 0 Å². The zero-order valence-electron chi connectivity index (χ0n) is 9.94. The minimum absolute atomic E-state index is 0.102. The lowest BCUT2D eigenvalue weighted by atomic mass is 9.97. The molecule has 2 unspecified atom stereocenters. The van der Waals surface area contributed by atoms with Crippen molar-refractivity contribution in [2.45, 2.75) is 39.2 Å². The number of rotatable bonds is 6. The molecule has 0 aliphatic heterocycles. The van der Waals surface area contributed by atoms with Crippen LogP contribution in [0.5, 0.6) is 0 Å². The molecule has 0 aromatic heterocycles. The summed E-state index contributed by atoms with van der Waals surface area (Å²) in [5.74, 6) is 0.524. The Balaban J connectivity index is 2.39. The highest BCUT2D eigenvalue weighted by Gasteiger charge is 2.27. The molecular formula is C10H22N2O3S. The smallest absolute Gasteiger partial charge is 0.277 e. The van der Waals surface area contributed by atoms with Crippen molar-refractivity contribution >= 4 is 10.2 Å². The van der Waals surface area contributed by atoms with Crippen molar-refractivity contribution in [3.05, 3.63) is 0 Å². The van der Waals surface area contributed by atoms with Gasteiger partial charge < -0.3 is 5.11 Å². The molecule has 2 atom stereocenters. The van der Waals surface area contributed by atoms with Gasteiger partial charge in [-0.3, -0.25) is 0 Å². The standard InChI is InChI=1S/C10H22N2O3S/c1-8(2)12-16(14,15)11-6-9-4-3-5-10(9)7-13/h8-13H,3-7H2,1-2H3. The third-order valence-electron chi connectivity index (χ3n) is 2.98. The Morgan fingerprint density at radius 2 is 1.94 bits per heavy atom. The van der Waals surface area contributed by atoms with Crippen molar-refractivity contribution in [3.8, 4) is 0 Å². The molecule has 96 valence electrons. The van der Waals surface area contributed by atoms with E-state index in [0.717, 1.165) is 19.3 Å². The van der Waals surface area contributed by atoms with Gasteiger partial charge in [0, 0.05) is 19.2 Å². The zero-order chi connectivity index (χ0) is 12.2. The second kappa shape index (κ2) is 5.95. The Hall–Kier alpha value is -0.170. The lowest BCUT2D eigenvalue weighted by Crippen LogP contribution is -2.42. The van der Waals surface area contributed by atoms with Gasteiger partial charge in [0.1, 0.15) is 0 Å². The quantitative estimate of drug-likeness (QED) is 0.631. The molecule has 0 spiro atoms. The molecule has 3 N–H and O–H groups in total. The highest BCUT2D eigenvalue weighted by atomic mass is 32.2. The molecule has 1 saturated carbocycles. The lowest BCUT2D eigenvalue weighted by Gasteiger charge is -2.18. The van der Waals surface area contributed by atoms with E-state index in [9.17, 15) is 8.42 Å². The SMILES string of the molecule is CC(C)NS(=O)(=O)NCC1CCCC1CO. The summed E-state index contributed by atoms with van der Waals surface area (Å²) >= 11 is 0. The summed E-state index contributed by atoms with van der Waals surface area (Å²) in [4.78, 5) is 0. The van der Waals surface area contributed by atoms with Crippen LogP contribution in [0.3, 0.4) is 0 Å². The monoisotopic (exact) mass is 250 g/mol. The van der Waals surface area contributed by atoms with Crippen LogP contribution in [0.25, 0.3) is 0 Å². The average molecular weight is 250 g/mol. The van der Waals surface area contributed by atoms with Gasteiger partial charge in [-0.2, -0.15) is 13.1 Å². The van der Waals surface area contributed by atoms with Crippen molar-refractivity contribution in [2.75, 3.05) is 13.2 Å². The van der Waals surface area contributed by atoms with Crippen LogP contribution >= 0.6 is 0 Å². The number of aliphatic hydroxyl groups excluding tert-OH is 1. The van der Waals surface area contributed by atoms with Crippen LogP contribution in [0.2, 0.25) is 0 Å². The van der Waals surface area contributed by atoms with Crippen LogP contribution in [0.1, 0.15) is 33.1 Å². The second-order valence-corrected chi connectivity index (χ2v) is 6.29. The van der Waals surface area contributed by atoms with Gasteiger partial charge in [-0.05, 0) is 38.5 Å². The summed E-state index contributed by atoms with van der Waals surface area (Å²) in [5, 5.41) is 9.12. The molecule has 1 aliphatic carbocycles. The zero-order valence-corrected chi connectivity index (χ0v) is 10.8. The molecule has 0 aromatic rings. The first-order valence-corrected chi connectivity index (χ1v) is 7.30. The van der Waals surface area contributed by atoms with Gasteiger partial charge in [-0.15, -0.1) is 0 Å². The van der Waals surface area contributed by atoms with Crippen LogP contribution in [-0.4, -0.2) is 32.7 Å². The second-order valence-electron chi connectivity index (χ2n) is 4.76. The third-order valence-corrected chi connectivity index (χ3v) is 4.31. The molecule has 16 heavy (non-hydrogen) atoms. The molecule has 0 saturated heterocycles. The fraction of sp³-hybridized carbons (Fsp3) is 1.00. The minimum atomic E-state index is -3.38. The molecule has 0 radical (unpaired) electrons. The first kappa shape index (κ1) is 13.9. The molecule has 1 rings (SSSR count). The van der Waals surface area contributed by atoms with E-state index in [1.54, 1.807) is 13.8 Å². The molecule has 5 nitrogen and oxygen atoms in total. The van der Waals surface area contributed by atoms with E-state index in [2.05, 4.69) is 9.44 Å². The molecule has 1 fully saturated rings. The topological polar surface area (TPSA) is 78.4 Å². The normalized spacial score (nSPS) is 26.5. The lowest BCUT2D eigenvalue weighted by molar-refractivity contribution is 0.195. The van der Waals surface area contributed by atoms with E-state index >= 15 is 0 Å². The minimum Gasteiger partial charge on any atom is -0.396 e. The Bertz CT molecular complexity index is 303. The summed E-state index contributed by atoms with van der Waals surface area (Å²) in [6.45, 7) is 4.15. The van der Waals surface area contributed by atoms with E-state index in [1.807, 2.05) is 0 Å². The first-order chi connectivity index (χ1) is 7.44. The number of hydrogen-bond donors (Lipinski definition) is 3. The number of aliphatic hydroxyl groups is 1. The van der Waals surface area contributed by atoms with Gasteiger partial charge in [0.15, 0.2) is 0 Å². The van der Waals surface area contributed by atoms with E-state index in [-0.39, 0.29) is 24.5 Å². The first-order valence-electron chi connectivity index (χ1n) is 5.82. The van der Waals surface area contributed by atoms with Crippen LogP contribution in [0.4, 0.5) is 0 Å². The van der Waals surface area contributed by atoms with Gasteiger partial charge in [0.25, 0.3) is 10.2 Å². The predicted molar refractivity (Wildman–Crippen MR) is 63.1 cm³/mol. The Labute approximate surface area is 97.8 Å². The Morgan fingerprint density at radius 1 is 1.31 bits per heavy atom. The maximum absolute atomic E-state index is 11.5. The maximum Gasteiger partial charge on any atom is 0.277 e. The largest absolute Gasteiger partial charge is 0.396 e. The average Bonchev–Trinajstić information content (AvgIpc) is 2.59. The number of nitrogens with one attached hydrogen (secondary N) is 2. The van der Waals surface area contributed by atoms with Gasteiger partial charge in [-0.25, -0.2) is 4.72 Å². The maximum atomic E-state index is 11.5. The van der Waals surface area contributed by atoms with Gasteiger partial charge in [0.05, 0.1) is 0 Å². The van der Waals surface area contributed by atoms with Crippen molar-refractivity contribution in [3.63, 3.8) is 0 Å². The van der Waals surface area contributed by atoms with E-state index in [4.69, 9.17) is 5.11 Å². The molecule has 0 amide bonds. The Morgan fingerprint density at radius 3 is 2.50 bits per heavy atom. The summed E-state index contributed by atoms with van der Waals surface area (Å²) in [6.07, 6.45) is 3.07. The molecule has 0 heterocycles. The molecule has 0 aromatic carbocycles. The fourth-order valence-corrected chi connectivity index (χ4v) is 3.33. The van der Waals surface area contributed by atoms with Crippen LogP contribution < -0.4 is 9.44 Å². The van der Waals surface area contributed by atoms with Gasteiger partial charge >= 0.3 is 0 Å². The predicted octanol–water partition coefficient (Wildman–Crippen LogP) is 0.227. The van der Waals surface area contributed by atoms with E-state index in [0.29, 0.717) is 6.54 Å². The molecule has 0 bridgehead atoms. The highest BCUT2D eigenvalue weighted by molar-refractivity contribution is 7.87.